The minimum atomic E-state index is -0.0822. The molecule has 0 heterocycles. The van der Waals surface area contributed by atoms with Gasteiger partial charge in [-0.2, -0.15) is 0 Å². The summed E-state index contributed by atoms with van der Waals surface area (Å²) in [5.41, 5.74) is 10.8. The maximum Gasteiger partial charge on any atom is 0.0239 e. The van der Waals surface area contributed by atoms with Gasteiger partial charge in [0.15, 0.2) is 0 Å². The van der Waals surface area contributed by atoms with Crippen LogP contribution in [0.25, 0.3) is 0 Å². The van der Waals surface area contributed by atoms with E-state index in [1.54, 1.807) is 0 Å². The van der Waals surface area contributed by atoms with E-state index in [1.807, 2.05) is 0 Å². The molecule has 1 atom stereocenters. The van der Waals surface area contributed by atoms with E-state index in [2.05, 4.69) is 71.1 Å². The number of hydrogen-bond donors (Lipinski definition) is 1. The second kappa shape index (κ2) is 5.25. The van der Waals surface area contributed by atoms with Crippen LogP contribution in [0.1, 0.15) is 23.1 Å². The number of rotatable bonds is 2. The van der Waals surface area contributed by atoms with Crippen molar-refractivity contribution in [3.05, 3.63) is 68.8 Å². The zero-order chi connectivity index (χ0) is 13.3. The fraction of sp³-hybridized carbons (Fsp3) is 0.294. The highest BCUT2D eigenvalue weighted by Gasteiger charge is 2.30. The van der Waals surface area contributed by atoms with E-state index in [0.29, 0.717) is 0 Å². The standard InChI is InChI=1S/C17H18IN/c18-16-7-5-13(6-8-16)11-17(19)10-9-14-3-1-2-4-15(14)12-17/h1-8H,9-12,19H2. The average Bonchev–Trinajstić information content (AvgIpc) is 2.41. The SMILES string of the molecule is NC1(Cc2ccc(I)cc2)CCc2ccccc2C1. The zero-order valence-corrected chi connectivity index (χ0v) is 13.1. The predicted molar refractivity (Wildman–Crippen MR) is 88.2 cm³/mol. The Kier molecular flexibility index (Phi) is 3.63. The highest BCUT2D eigenvalue weighted by molar-refractivity contribution is 14.1. The molecule has 0 saturated heterocycles. The van der Waals surface area contributed by atoms with Crippen LogP contribution in [0.4, 0.5) is 0 Å². The van der Waals surface area contributed by atoms with Crippen LogP contribution in [-0.4, -0.2) is 5.54 Å². The van der Waals surface area contributed by atoms with Crippen molar-refractivity contribution >= 4 is 22.6 Å². The van der Waals surface area contributed by atoms with Crippen molar-refractivity contribution in [1.82, 2.24) is 0 Å². The molecule has 2 N–H and O–H groups in total. The molecule has 1 aliphatic carbocycles. The summed E-state index contributed by atoms with van der Waals surface area (Å²) in [7, 11) is 0. The summed E-state index contributed by atoms with van der Waals surface area (Å²) in [4.78, 5) is 0. The molecule has 3 rings (SSSR count). The van der Waals surface area contributed by atoms with Crippen LogP contribution in [0.3, 0.4) is 0 Å². The van der Waals surface area contributed by atoms with Gasteiger partial charge in [0.1, 0.15) is 0 Å². The Morgan fingerprint density at radius 3 is 2.42 bits per heavy atom. The lowest BCUT2D eigenvalue weighted by Crippen LogP contribution is -2.47. The van der Waals surface area contributed by atoms with E-state index >= 15 is 0 Å². The number of aryl methyl sites for hydroxylation is 1. The molecular formula is C17H18IN. The topological polar surface area (TPSA) is 26.0 Å². The highest BCUT2D eigenvalue weighted by atomic mass is 127. The Morgan fingerprint density at radius 2 is 1.68 bits per heavy atom. The molecule has 0 spiro atoms. The van der Waals surface area contributed by atoms with Gasteiger partial charge in [-0.05, 0) is 77.1 Å². The second-order valence-electron chi connectivity index (χ2n) is 5.61. The molecule has 2 aromatic carbocycles. The summed E-state index contributed by atoms with van der Waals surface area (Å²) in [6.45, 7) is 0. The molecule has 0 radical (unpaired) electrons. The fourth-order valence-corrected chi connectivity index (χ4v) is 3.34. The lowest BCUT2D eigenvalue weighted by Gasteiger charge is -2.35. The van der Waals surface area contributed by atoms with Crippen LogP contribution in [0.5, 0.6) is 0 Å². The largest absolute Gasteiger partial charge is 0.324 e. The third-order valence-corrected chi connectivity index (χ3v) is 4.74. The third kappa shape index (κ3) is 3.00. The van der Waals surface area contributed by atoms with Gasteiger partial charge in [0.2, 0.25) is 0 Å². The minimum Gasteiger partial charge on any atom is -0.324 e. The monoisotopic (exact) mass is 363 g/mol. The Balaban J connectivity index is 1.80. The summed E-state index contributed by atoms with van der Waals surface area (Å²) in [5.74, 6) is 0. The lowest BCUT2D eigenvalue weighted by molar-refractivity contribution is 0.369. The first-order chi connectivity index (χ1) is 9.15. The fourth-order valence-electron chi connectivity index (χ4n) is 2.98. The number of fused-ring (bicyclic) bond motifs is 1. The van der Waals surface area contributed by atoms with E-state index in [-0.39, 0.29) is 5.54 Å². The minimum absolute atomic E-state index is 0.0822. The van der Waals surface area contributed by atoms with Gasteiger partial charge in [0.25, 0.3) is 0 Å². The van der Waals surface area contributed by atoms with Crippen LogP contribution in [0.2, 0.25) is 0 Å². The number of nitrogens with two attached hydrogens (primary N) is 1. The van der Waals surface area contributed by atoms with Gasteiger partial charge >= 0.3 is 0 Å². The van der Waals surface area contributed by atoms with Crippen molar-refractivity contribution in [3.8, 4) is 0 Å². The maximum atomic E-state index is 6.64. The van der Waals surface area contributed by atoms with Gasteiger partial charge in [0.05, 0.1) is 0 Å². The van der Waals surface area contributed by atoms with Crippen LogP contribution in [-0.2, 0) is 19.3 Å². The molecule has 1 aliphatic rings. The van der Waals surface area contributed by atoms with Gasteiger partial charge in [-0.15, -0.1) is 0 Å². The number of benzene rings is 2. The van der Waals surface area contributed by atoms with E-state index in [1.165, 1.54) is 20.3 Å². The van der Waals surface area contributed by atoms with Crippen molar-refractivity contribution in [1.29, 1.82) is 0 Å². The number of halogens is 1. The molecule has 2 aromatic rings. The van der Waals surface area contributed by atoms with Crippen molar-refractivity contribution < 1.29 is 0 Å². The van der Waals surface area contributed by atoms with E-state index in [0.717, 1.165) is 25.7 Å². The van der Waals surface area contributed by atoms with Crippen molar-refractivity contribution in [2.24, 2.45) is 5.73 Å². The highest BCUT2D eigenvalue weighted by Crippen LogP contribution is 2.29. The molecule has 0 bridgehead atoms. The lowest BCUT2D eigenvalue weighted by atomic mass is 9.75. The van der Waals surface area contributed by atoms with Crippen LogP contribution >= 0.6 is 22.6 Å². The molecule has 0 saturated carbocycles. The van der Waals surface area contributed by atoms with Crippen LogP contribution in [0.15, 0.2) is 48.5 Å². The summed E-state index contributed by atoms with van der Waals surface area (Å²) < 4.78 is 1.28. The van der Waals surface area contributed by atoms with E-state index < -0.39 is 0 Å². The summed E-state index contributed by atoms with van der Waals surface area (Å²) in [6, 6.07) is 17.4. The predicted octanol–water partition coefficient (Wildman–Crippen LogP) is 3.72. The molecule has 0 amide bonds. The van der Waals surface area contributed by atoms with Gasteiger partial charge < -0.3 is 5.73 Å². The second-order valence-corrected chi connectivity index (χ2v) is 6.86. The molecule has 98 valence electrons. The first kappa shape index (κ1) is 13.1. The van der Waals surface area contributed by atoms with E-state index in [4.69, 9.17) is 5.73 Å². The maximum absolute atomic E-state index is 6.64. The van der Waals surface area contributed by atoms with Crippen molar-refractivity contribution in [2.75, 3.05) is 0 Å². The number of hydrogen-bond acceptors (Lipinski definition) is 1. The molecule has 19 heavy (non-hydrogen) atoms. The first-order valence-corrected chi connectivity index (χ1v) is 7.83. The molecule has 0 fully saturated rings. The Labute approximate surface area is 128 Å². The Bertz CT molecular complexity index is 576. The average molecular weight is 363 g/mol. The van der Waals surface area contributed by atoms with E-state index in [9.17, 15) is 0 Å². The summed E-state index contributed by atoms with van der Waals surface area (Å²) in [6.07, 6.45) is 4.15. The van der Waals surface area contributed by atoms with Gasteiger partial charge in [-0.25, -0.2) is 0 Å². The molecule has 0 aromatic heterocycles. The summed E-state index contributed by atoms with van der Waals surface area (Å²) in [5, 5.41) is 0. The summed E-state index contributed by atoms with van der Waals surface area (Å²) >= 11 is 2.34. The quantitative estimate of drug-likeness (QED) is 0.809. The Hall–Kier alpha value is -0.870. The first-order valence-electron chi connectivity index (χ1n) is 6.75. The molecule has 1 nitrogen and oxygen atoms in total. The smallest absolute Gasteiger partial charge is 0.0239 e. The van der Waals surface area contributed by atoms with Crippen LogP contribution in [0, 0.1) is 3.57 Å². The van der Waals surface area contributed by atoms with Crippen molar-refractivity contribution in [2.45, 2.75) is 31.2 Å². The van der Waals surface area contributed by atoms with Crippen LogP contribution < -0.4 is 5.73 Å². The molecule has 1 unspecified atom stereocenters. The van der Waals surface area contributed by atoms with Gasteiger partial charge in [-0.3, -0.25) is 0 Å². The zero-order valence-electron chi connectivity index (χ0n) is 10.9. The van der Waals surface area contributed by atoms with Gasteiger partial charge in [-0.1, -0.05) is 36.4 Å². The molecule has 2 heteroatoms. The van der Waals surface area contributed by atoms with Gasteiger partial charge in [0, 0.05) is 9.11 Å². The van der Waals surface area contributed by atoms with Crippen molar-refractivity contribution in [3.63, 3.8) is 0 Å². The normalized spacial score (nSPS) is 22.0. The molecular weight excluding hydrogens is 345 g/mol. The third-order valence-electron chi connectivity index (χ3n) is 4.02. The molecule has 0 aliphatic heterocycles. The Morgan fingerprint density at radius 1 is 1.00 bits per heavy atom.